The topological polar surface area (TPSA) is 56.8 Å². The summed E-state index contributed by atoms with van der Waals surface area (Å²) in [6, 6.07) is 11.7. The summed E-state index contributed by atoms with van der Waals surface area (Å²) >= 11 is 0. The SMILES string of the molecule is COc1ccc2c(c1)C(NC(=O)C(C)Oc1cccc3c1CCCC3)CC(C)(C)O2. The van der Waals surface area contributed by atoms with Crippen molar-refractivity contribution in [2.45, 2.75) is 70.6 Å². The summed E-state index contributed by atoms with van der Waals surface area (Å²) in [5, 5.41) is 3.18. The minimum Gasteiger partial charge on any atom is -0.497 e. The van der Waals surface area contributed by atoms with Crippen molar-refractivity contribution >= 4 is 5.91 Å². The van der Waals surface area contributed by atoms with E-state index in [-0.39, 0.29) is 17.6 Å². The minimum absolute atomic E-state index is 0.125. The number of fused-ring (bicyclic) bond motifs is 2. The second kappa shape index (κ2) is 8.21. The molecule has 2 unspecified atom stereocenters. The monoisotopic (exact) mass is 409 g/mol. The standard InChI is InChI=1S/C25H31NO4/c1-16(29-22-11-7-9-17-8-5-6-10-19(17)22)24(27)26-21-15-25(2,3)30-23-13-12-18(28-4)14-20(21)23/h7,9,11-14,16,21H,5-6,8,10,15H2,1-4H3,(H,26,27). The highest BCUT2D eigenvalue weighted by atomic mass is 16.5. The second-order valence-corrected chi connectivity index (χ2v) is 8.89. The van der Waals surface area contributed by atoms with Crippen LogP contribution in [-0.2, 0) is 17.6 Å². The van der Waals surface area contributed by atoms with Crippen molar-refractivity contribution in [2.24, 2.45) is 0 Å². The van der Waals surface area contributed by atoms with Crippen LogP contribution in [0.2, 0.25) is 0 Å². The van der Waals surface area contributed by atoms with Crippen molar-refractivity contribution in [1.29, 1.82) is 0 Å². The summed E-state index contributed by atoms with van der Waals surface area (Å²) in [6.45, 7) is 5.89. The third-order valence-corrected chi connectivity index (χ3v) is 6.02. The molecule has 1 heterocycles. The molecular weight excluding hydrogens is 378 g/mol. The number of amides is 1. The predicted molar refractivity (Wildman–Crippen MR) is 116 cm³/mol. The van der Waals surface area contributed by atoms with Crippen LogP contribution in [0.1, 0.15) is 62.8 Å². The lowest BCUT2D eigenvalue weighted by molar-refractivity contribution is -0.128. The maximum absolute atomic E-state index is 13.1. The maximum atomic E-state index is 13.1. The summed E-state index contributed by atoms with van der Waals surface area (Å²) in [7, 11) is 1.64. The number of rotatable bonds is 5. The van der Waals surface area contributed by atoms with Gasteiger partial charge in [-0.1, -0.05) is 12.1 Å². The summed E-state index contributed by atoms with van der Waals surface area (Å²) in [5.74, 6) is 2.24. The van der Waals surface area contributed by atoms with Crippen molar-refractivity contribution in [1.82, 2.24) is 5.32 Å². The Kier molecular flexibility index (Phi) is 5.63. The van der Waals surface area contributed by atoms with Crippen molar-refractivity contribution in [3.63, 3.8) is 0 Å². The fourth-order valence-corrected chi connectivity index (χ4v) is 4.48. The van der Waals surface area contributed by atoms with Crippen LogP contribution in [0.15, 0.2) is 36.4 Å². The van der Waals surface area contributed by atoms with Gasteiger partial charge in [-0.05, 0) is 81.8 Å². The molecule has 0 saturated carbocycles. The van der Waals surface area contributed by atoms with E-state index in [1.54, 1.807) is 7.11 Å². The van der Waals surface area contributed by atoms with E-state index in [1.165, 1.54) is 24.0 Å². The lowest BCUT2D eigenvalue weighted by Crippen LogP contribution is -2.44. The first-order valence-corrected chi connectivity index (χ1v) is 10.8. The third kappa shape index (κ3) is 4.25. The third-order valence-electron chi connectivity index (χ3n) is 6.02. The molecule has 0 fully saturated rings. The quantitative estimate of drug-likeness (QED) is 0.774. The van der Waals surface area contributed by atoms with Crippen LogP contribution < -0.4 is 19.5 Å². The van der Waals surface area contributed by atoms with Crippen molar-refractivity contribution in [2.75, 3.05) is 7.11 Å². The Balaban J connectivity index is 1.51. The van der Waals surface area contributed by atoms with Gasteiger partial charge in [-0.2, -0.15) is 0 Å². The summed E-state index contributed by atoms with van der Waals surface area (Å²) in [6.07, 6.45) is 4.58. The van der Waals surface area contributed by atoms with E-state index < -0.39 is 6.10 Å². The second-order valence-electron chi connectivity index (χ2n) is 8.89. The molecule has 0 radical (unpaired) electrons. The molecule has 1 N–H and O–H groups in total. The van der Waals surface area contributed by atoms with Gasteiger partial charge >= 0.3 is 0 Å². The van der Waals surface area contributed by atoms with Crippen LogP contribution in [0.5, 0.6) is 17.2 Å². The zero-order valence-corrected chi connectivity index (χ0v) is 18.3. The van der Waals surface area contributed by atoms with E-state index in [0.29, 0.717) is 6.42 Å². The lowest BCUT2D eigenvalue weighted by Gasteiger charge is -2.38. The average Bonchev–Trinajstić information content (AvgIpc) is 2.73. The Labute approximate surface area is 178 Å². The Morgan fingerprint density at radius 1 is 1.20 bits per heavy atom. The van der Waals surface area contributed by atoms with Crippen molar-refractivity contribution in [3.05, 3.63) is 53.1 Å². The van der Waals surface area contributed by atoms with Crippen LogP contribution in [-0.4, -0.2) is 24.7 Å². The highest BCUT2D eigenvalue weighted by Crippen LogP contribution is 2.41. The first kappa shape index (κ1) is 20.6. The first-order chi connectivity index (χ1) is 14.4. The molecule has 5 nitrogen and oxygen atoms in total. The van der Waals surface area contributed by atoms with E-state index in [9.17, 15) is 4.79 Å². The van der Waals surface area contributed by atoms with E-state index in [4.69, 9.17) is 14.2 Å². The highest BCUT2D eigenvalue weighted by Gasteiger charge is 2.35. The van der Waals surface area contributed by atoms with Crippen LogP contribution >= 0.6 is 0 Å². The number of hydrogen-bond acceptors (Lipinski definition) is 4. The average molecular weight is 410 g/mol. The first-order valence-electron chi connectivity index (χ1n) is 10.8. The molecule has 30 heavy (non-hydrogen) atoms. The number of nitrogens with one attached hydrogen (secondary N) is 1. The van der Waals surface area contributed by atoms with Crippen LogP contribution in [0, 0.1) is 0 Å². The van der Waals surface area contributed by atoms with Gasteiger partial charge < -0.3 is 19.5 Å². The number of hydrogen-bond donors (Lipinski definition) is 1. The Bertz CT molecular complexity index is 937. The van der Waals surface area contributed by atoms with Gasteiger partial charge in [-0.25, -0.2) is 0 Å². The van der Waals surface area contributed by atoms with Crippen molar-refractivity contribution < 1.29 is 19.0 Å². The van der Waals surface area contributed by atoms with Gasteiger partial charge in [0, 0.05) is 12.0 Å². The van der Waals surface area contributed by atoms with Crippen molar-refractivity contribution in [3.8, 4) is 17.2 Å². The Morgan fingerprint density at radius 2 is 2.00 bits per heavy atom. The molecule has 0 spiro atoms. The fraction of sp³-hybridized carbons (Fsp3) is 0.480. The number of benzene rings is 2. The molecule has 2 aromatic carbocycles. The highest BCUT2D eigenvalue weighted by molar-refractivity contribution is 5.81. The molecule has 160 valence electrons. The Morgan fingerprint density at radius 3 is 2.80 bits per heavy atom. The lowest BCUT2D eigenvalue weighted by atomic mass is 9.89. The maximum Gasteiger partial charge on any atom is 0.261 e. The van der Waals surface area contributed by atoms with Crippen LogP contribution in [0.25, 0.3) is 0 Å². The largest absolute Gasteiger partial charge is 0.497 e. The van der Waals surface area contributed by atoms with E-state index >= 15 is 0 Å². The number of methoxy groups -OCH3 is 1. The molecule has 5 heteroatoms. The summed E-state index contributed by atoms with van der Waals surface area (Å²) in [5.41, 5.74) is 3.16. The molecule has 2 aromatic rings. The molecule has 0 aromatic heterocycles. The van der Waals surface area contributed by atoms with Gasteiger partial charge in [0.25, 0.3) is 5.91 Å². The zero-order valence-electron chi connectivity index (χ0n) is 18.3. The number of ether oxygens (including phenoxy) is 3. The van der Waals surface area contributed by atoms with Gasteiger partial charge in [-0.15, -0.1) is 0 Å². The normalized spacial score (nSPS) is 20.2. The van der Waals surface area contributed by atoms with Crippen LogP contribution in [0.3, 0.4) is 0 Å². The minimum atomic E-state index is -0.585. The summed E-state index contributed by atoms with van der Waals surface area (Å²) in [4.78, 5) is 13.1. The molecule has 2 aliphatic rings. The number of carbonyl (C=O) groups excluding carboxylic acids is 1. The van der Waals surface area contributed by atoms with E-state index in [2.05, 4.69) is 11.4 Å². The molecule has 1 aliphatic carbocycles. The van der Waals surface area contributed by atoms with Gasteiger partial charge in [0.05, 0.1) is 13.2 Å². The fourth-order valence-electron chi connectivity index (χ4n) is 4.48. The van der Waals surface area contributed by atoms with Gasteiger partial charge in [0.1, 0.15) is 22.8 Å². The molecule has 1 amide bonds. The molecule has 0 bridgehead atoms. The van der Waals surface area contributed by atoms with Gasteiger partial charge in [0.2, 0.25) is 0 Å². The van der Waals surface area contributed by atoms with Crippen LogP contribution in [0.4, 0.5) is 0 Å². The predicted octanol–water partition coefficient (Wildman–Crippen LogP) is 4.76. The van der Waals surface area contributed by atoms with Gasteiger partial charge in [-0.3, -0.25) is 4.79 Å². The van der Waals surface area contributed by atoms with Gasteiger partial charge in [0.15, 0.2) is 6.10 Å². The molecule has 0 saturated heterocycles. The summed E-state index contributed by atoms with van der Waals surface area (Å²) < 4.78 is 17.6. The Hall–Kier alpha value is -2.69. The molecular formula is C25H31NO4. The molecule has 4 rings (SSSR count). The number of aryl methyl sites for hydroxylation is 1. The molecule has 2 atom stereocenters. The zero-order chi connectivity index (χ0) is 21.3. The van der Waals surface area contributed by atoms with E-state index in [0.717, 1.165) is 35.7 Å². The number of carbonyl (C=O) groups is 1. The van der Waals surface area contributed by atoms with E-state index in [1.807, 2.05) is 51.1 Å². The smallest absolute Gasteiger partial charge is 0.261 e. The molecule has 1 aliphatic heterocycles.